The van der Waals surface area contributed by atoms with Crippen molar-refractivity contribution in [1.29, 1.82) is 0 Å². The molecular formula is C23H26ClF2N3O2. The van der Waals surface area contributed by atoms with Crippen LogP contribution in [0.15, 0.2) is 42.5 Å². The maximum Gasteiger partial charge on any atom is 0.256 e. The number of hydrogen-bond acceptors (Lipinski definition) is 3. The Hall–Kier alpha value is -2.51. The molecule has 0 unspecified atom stereocenters. The van der Waals surface area contributed by atoms with Crippen LogP contribution in [0.2, 0.25) is 5.02 Å². The van der Waals surface area contributed by atoms with Crippen molar-refractivity contribution < 1.29 is 18.4 Å². The molecule has 3 rings (SSSR count). The highest BCUT2D eigenvalue weighted by Gasteiger charge is 2.29. The second-order valence-electron chi connectivity index (χ2n) is 7.94. The summed E-state index contributed by atoms with van der Waals surface area (Å²) < 4.78 is 27.0. The van der Waals surface area contributed by atoms with E-state index in [0.29, 0.717) is 43.6 Å². The first-order valence-electron chi connectivity index (χ1n) is 10.2. The number of rotatable bonds is 6. The number of halogens is 3. The first-order valence-corrected chi connectivity index (χ1v) is 10.6. The Labute approximate surface area is 186 Å². The minimum absolute atomic E-state index is 0.0687. The van der Waals surface area contributed by atoms with Crippen LogP contribution in [0.5, 0.6) is 0 Å². The molecular weight excluding hydrogens is 424 g/mol. The molecule has 1 N–H and O–H groups in total. The van der Waals surface area contributed by atoms with E-state index >= 15 is 0 Å². The van der Waals surface area contributed by atoms with E-state index in [1.165, 1.54) is 4.90 Å². The quantitative estimate of drug-likeness (QED) is 0.728. The second kappa shape index (κ2) is 10.2. The minimum atomic E-state index is -0.876. The van der Waals surface area contributed by atoms with Crippen molar-refractivity contribution in [1.82, 2.24) is 15.1 Å². The number of likely N-dealkylation sites (N-methyl/N-ethyl adjacent to an activating group) is 1. The van der Waals surface area contributed by atoms with Gasteiger partial charge in [0.1, 0.15) is 11.6 Å². The molecule has 0 spiro atoms. The number of nitrogens with one attached hydrogen (secondary N) is 1. The third-order valence-electron chi connectivity index (χ3n) is 5.67. The van der Waals surface area contributed by atoms with E-state index in [1.807, 2.05) is 43.3 Å². The number of benzene rings is 2. The van der Waals surface area contributed by atoms with E-state index in [4.69, 9.17) is 11.6 Å². The number of carbonyl (C=O) groups is 2. The average Bonchev–Trinajstić information content (AvgIpc) is 2.74. The molecule has 1 aliphatic heterocycles. The Balaban J connectivity index is 1.55. The molecule has 0 bridgehead atoms. The Morgan fingerprint density at radius 2 is 1.84 bits per heavy atom. The zero-order valence-corrected chi connectivity index (χ0v) is 18.3. The molecule has 166 valence electrons. The number of nitrogens with zero attached hydrogens (tertiary/aromatic N) is 2. The number of likely N-dealkylation sites (tertiary alicyclic amines) is 1. The predicted octanol–water partition coefficient (Wildman–Crippen LogP) is 3.89. The van der Waals surface area contributed by atoms with Crippen molar-refractivity contribution in [3.05, 3.63) is 70.2 Å². The molecule has 5 nitrogen and oxygen atoms in total. The zero-order chi connectivity index (χ0) is 22.5. The summed E-state index contributed by atoms with van der Waals surface area (Å²) in [4.78, 5) is 28.8. The molecule has 0 aliphatic carbocycles. The van der Waals surface area contributed by atoms with Crippen molar-refractivity contribution in [2.24, 2.45) is 5.92 Å². The first-order chi connectivity index (χ1) is 14.8. The third-order valence-corrected chi connectivity index (χ3v) is 6.02. The first kappa shape index (κ1) is 23.2. The van der Waals surface area contributed by atoms with Crippen molar-refractivity contribution in [3.63, 3.8) is 0 Å². The van der Waals surface area contributed by atoms with Crippen LogP contribution in [-0.2, 0) is 4.79 Å². The van der Waals surface area contributed by atoms with Crippen LogP contribution in [0, 0.1) is 17.6 Å². The summed E-state index contributed by atoms with van der Waals surface area (Å²) in [5.74, 6) is -2.38. The molecule has 1 aliphatic rings. The standard InChI is InChI=1S/C23H26ClF2N3O2/c1-28(2)21(17-5-3-4-6-19(17)24)14-27-22(30)15-9-11-29(12-10-15)23(31)18-8-7-16(25)13-20(18)26/h3-8,13,15,21H,9-12,14H2,1-2H3,(H,27,30)/t21-/m1/s1. The van der Waals surface area contributed by atoms with Crippen LogP contribution in [-0.4, -0.2) is 55.3 Å². The highest BCUT2D eigenvalue weighted by molar-refractivity contribution is 6.31. The predicted molar refractivity (Wildman–Crippen MR) is 116 cm³/mol. The van der Waals surface area contributed by atoms with Gasteiger partial charge in [-0.3, -0.25) is 9.59 Å². The van der Waals surface area contributed by atoms with Crippen LogP contribution in [0.25, 0.3) is 0 Å². The largest absolute Gasteiger partial charge is 0.354 e. The normalized spacial score (nSPS) is 15.7. The molecule has 2 amide bonds. The summed E-state index contributed by atoms with van der Waals surface area (Å²) in [7, 11) is 3.86. The molecule has 2 aromatic carbocycles. The highest BCUT2D eigenvalue weighted by atomic mass is 35.5. The highest BCUT2D eigenvalue weighted by Crippen LogP contribution is 2.26. The molecule has 1 saturated heterocycles. The lowest BCUT2D eigenvalue weighted by Crippen LogP contribution is -2.44. The number of carbonyl (C=O) groups excluding carboxylic acids is 2. The minimum Gasteiger partial charge on any atom is -0.354 e. The third kappa shape index (κ3) is 5.60. The van der Waals surface area contributed by atoms with Gasteiger partial charge in [0.2, 0.25) is 5.91 Å². The van der Waals surface area contributed by atoms with Crippen LogP contribution in [0.1, 0.15) is 34.8 Å². The van der Waals surface area contributed by atoms with Crippen molar-refractivity contribution in [3.8, 4) is 0 Å². The van der Waals surface area contributed by atoms with Gasteiger partial charge in [-0.2, -0.15) is 0 Å². The van der Waals surface area contributed by atoms with E-state index in [1.54, 1.807) is 0 Å². The van der Waals surface area contributed by atoms with Gasteiger partial charge in [-0.05, 0) is 50.7 Å². The van der Waals surface area contributed by atoms with Gasteiger partial charge in [-0.25, -0.2) is 8.78 Å². The molecule has 1 heterocycles. The lowest BCUT2D eigenvalue weighted by Gasteiger charge is -2.32. The smallest absolute Gasteiger partial charge is 0.256 e. The Morgan fingerprint density at radius 1 is 1.16 bits per heavy atom. The number of piperidine rings is 1. The van der Waals surface area contributed by atoms with Gasteiger partial charge in [-0.1, -0.05) is 29.8 Å². The van der Waals surface area contributed by atoms with Crippen molar-refractivity contribution in [2.45, 2.75) is 18.9 Å². The number of hydrogen-bond donors (Lipinski definition) is 1. The van der Waals surface area contributed by atoms with Crippen LogP contribution < -0.4 is 5.32 Å². The van der Waals surface area contributed by atoms with E-state index < -0.39 is 17.5 Å². The fraction of sp³-hybridized carbons (Fsp3) is 0.391. The monoisotopic (exact) mass is 449 g/mol. The maximum atomic E-state index is 13.9. The van der Waals surface area contributed by atoms with Crippen LogP contribution in [0.4, 0.5) is 8.78 Å². The summed E-state index contributed by atoms with van der Waals surface area (Å²) in [6.07, 6.45) is 0.970. The molecule has 2 aromatic rings. The van der Waals surface area contributed by atoms with Crippen molar-refractivity contribution >= 4 is 23.4 Å². The van der Waals surface area contributed by atoms with Crippen LogP contribution in [0.3, 0.4) is 0 Å². The Kier molecular flexibility index (Phi) is 7.62. The van der Waals surface area contributed by atoms with E-state index in [-0.39, 0.29) is 23.4 Å². The lowest BCUT2D eigenvalue weighted by atomic mass is 9.95. The Bertz CT molecular complexity index is 946. The molecule has 1 atom stereocenters. The average molecular weight is 450 g/mol. The van der Waals surface area contributed by atoms with Crippen molar-refractivity contribution in [2.75, 3.05) is 33.7 Å². The fourth-order valence-electron chi connectivity index (χ4n) is 3.84. The molecule has 0 aromatic heterocycles. The summed E-state index contributed by atoms with van der Waals surface area (Å²) in [5.41, 5.74) is 0.786. The zero-order valence-electron chi connectivity index (χ0n) is 17.6. The molecule has 1 fully saturated rings. The van der Waals surface area contributed by atoms with Gasteiger partial charge >= 0.3 is 0 Å². The molecule has 0 radical (unpaired) electrons. The van der Waals surface area contributed by atoms with E-state index in [9.17, 15) is 18.4 Å². The van der Waals surface area contributed by atoms with Gasteiger partial charge in [-0.15, -0.1) is 0 Å². The lowest BCUT2D eigenvalue weighted by molar-refractivity contribution is -0.126. The molecule has 31 heavy (non-hydrogen) atoms. The summed E-state index contributed by atoms with van der Waals surface area (Å²) >= 11 is 6.32. The summed E-state index contributed by atoms with van der Waals surface area (Å²) in [5, 5.41) is 3.65. The van der Waals surface area contributed by atoms with Crippen LogP contribution >= 0.6 is 11.6 Å². The van der Waals surface area contributed by atoms with Gasteiger partial charge in [0.15, 0.2) is 0 Å². The summed E-state index contributed by atoms with van der Waals surface area (Å²) in [6, 6.07) is 10.4. The fourth-order valence-corrected chi connectivity index (χ4v) is 4.10. The molecule has 8 heteroatoms. The molecule has 0 saturated carbocycles. The van der Waals surface area contributed by atoms with Gasteiger partial charge in [0.25, 0.3) is 5.91 Å². The van der Waals surface area contributed by atoms with E-state index in [0.717, 1.165) is 17.7 Å². The topological polar surface area (TPSA) is 52.7 Å². The SMILES string of the molecule is CN(C)[C@H](CNC(=O)C1CCN(C(=O)c2ccc(F)cc2F)CC1)c1ccccc1Cl. The maximum absolute atomic E-state index is 13.9. The van der Waals surface area contributed by atoms with Gasteiger partial charge < -0.3 is 15.1 Å². The second-order valence-corrected chi connectivity index (χ2v) is 8.34. The van der Waals surface area contributed by atoms with E-state index in [2.05, 4.69) is 5.32 Å². The van der Waals surface area contributed by atoms with Gasteiger partial charge in [0, 0.05) is 36.6 Å². The van der Waals surface area contributed by atoms with Gasteiger partial charge in [0.05, 0.1) is 11.6 Å². The number of amides is 2. The summed E-state index contributed by atoms with van der Waals surface area (Å²) in [6.45, 7) is 1.10. The Morgan fingerprint density at radius 3 is 2.45 bits per heavy atom.